The average Bonchev–Trinajstić information content (AvgIpc) is 2.26. The van der Waals surface area contributed by atoms with E-state index in [4.69, 9.17) is 0 Å². The van der Waals surface area contributed by atoms with Crippen LogP contribution >= 0.6 is 0 Å². The van der Waals surface area contributed by atoms with Crippen molar-refractivity contribution in [1.82, 2.24) is 5.32 Å². The van der Waals surface area contributed by atoms with Crippen LogP contribution in [0.25, 0.3) is 0 Å². The summed E-state index contributed by atoms with van der Waals surface area (Å²) in [6, 6.07) is 6.09. The van der Waals surface area contributed by atoms with Crippen LogP contribution in [0.5, 0.6) is 0 Å². The number of nitrogens with one attached hydrogen (secondary N) is 1. The van der Waals surface area contributed by atoms with E-state index in [0.717, 1.165) is 5.56 Å². The van der Waals surface area contributed by atoms with E-state index in [2.05, 4.69) is 5.32 Å². The Morgan fingerprint density at radius 1 is 1.38 bits per heavy atom. The molecule has 0 heterocycles. The molecule has 1 aromatic carbocycles. The van der Waals surface area contributed by atoms with E-state index in [1.54, 1.807) is 12.1 Å². The quantitative estimate of drug-likeness (QED) is 0.619. The van der Waals surface area contributed by atoms with Crippen LogP contribution in [0.3, 0.4) is 0 Å². The molecule has 0 aliphatic heterocycles. The van der Waals surface area contributed by atoms with Crippen LogP contribution in [0.2, 0.25) is 0 Å². The Hall–Kier alpha value is -1.71. The molecule has 0 aromatic heterocycles. The molecule has 0 unspecified atom stereocenters. The molecule has 0 saturated heterocycles. The third-order valence-corrected chi connectivity index (χ3v) is 2.44. The molecule has 0 bridgehead atoms. The second kappa shape index (κ2) is 4.88. The fraction of sp³-hybridized carbons (Fsp3) is 0.333. The van der Waals surface area contributed by atoms with Gasteiger partial charge in [0.1, 0.15) is 5.82 Å². The normalized spacial score (nSPS) is 10.9. The van der Waals surface area contributed by atoms with E-state index >= 15 is 0 Å². The van der Waals surface area contributed by atoms with E-state index in [1.165, 1.54) is 12.1 Å². The van der Waals surface area contributed by atoms with Crippen LogP contribution in [0.15, 0.2) is 24.3 Å². The molecular weight excluding hydrogens is 209 g/mol. The number of rotatable bonds is 4. The van der Waals surface area contributed by atoms with Gasteiger partial charge in [0.15, 0.2) is 0 Å². The SMILES string of the molecule is CC(C)(CNC(=O)C=O)c1ccc(F)cc1. The van der Waals surface area contributed by atoms with Crippen LogP contribution in [0, 0.1) is 5.82 Å². The molecule has 0 aliphatic rings. The zero-order valence-corrected chi connectivity index (χ0v) is 9.29. The number of carbonyl (C=O) groups is 2. The molecule has 0 radical (unpaired) electrons. The van der Waals surface area contributed by atoms with Gasteiger partial charge in [-0.2, -0.15) is 0 Å². The van der Waals surface area contributed by atoms with Gasteiger partial charge in [-0.25, -0.2) is 4.39 Å². The second-order valence-electron chi connectivity index (χ2n) is 4.23. The molecule has 0 aliphatic carbocycles. The highest BCUT2D eigenvalue weighted by atomic mass is 19.1. The highest BCUT2D eigenvalue weighted by Gasteiger charge is 2.21. The van der Waals surface area contributed by atoms with E-state index in [1.807, 2.05) is 13.8 Å². The van der Waals surface area contributed by atoms with E-state index in [-0.39, 0.29) is 17.5 Å². The predicted octanol–water partition coefficient (Wildman–Crippen LogP) is 1.42. The third kappa shape index (κ3) is 3.15. The molecule has 1 aromatic rings. The van der Waals surface area contributed by atoms with Gasteiger partial charge in [0.2, 0.25) is 6.29 Å². The molecule has 0 atom stereocenters. The lowest BCUT2D eigenvalue weighted by Gasteiger charge is -2.25. The molecular formula is C12H14FNO2. The first-order chi connectivity index (χ1) is 7.45. The number of hydrogen-bond acceptors (Lipinski definition) is 2. The maximum absolute atomic E-state index is 12.7. The first-order valence-electron chi connectivity index (χ1n) is 4.95. The van der Waals surface area contributed by atoms with Crippen molar-refractivity contribution < 1.29 is 14.0 Å². The minimum absolute atomic E-state index is 0.237. The number of hydrogen-bond donors (Lipinski definition) is 1. The highest BCUT2D eigenvalue weighted by Crippen LogP contribution is 2.22. The first-order valence-corrected chi connectivity index (χ1v) is 4.95. The molecule has 1 N–H and O–H groups in total. The van der Waals surface area contributed by atoms with Crippen molar-refractivity contribution in [2.45, 2.75) is 19.3 Å². The van der Waals surface area contributed by atoms with Crippen LogP contribution in [0.4, 0.5) is 4.39 Å². The molecule has 4 heteroatoms. The summed E-state index contributed by atoms with van der Waals surface area (Å²) in [5, 5.41) is 2.48. The van der Waals surface area contributed by atoms with Gasteiger partial charge < -0.3 is 5.32 Å². The Balaban J connectivity index is 2.73. The summed E-state index contributed by atoms with van der Waals surface area (Å²) in [7, 11) is 0. The molecule has 0 saturated carbocycles. The van der Waals surface area contributed by atoms with Gasteiger partial charge >= 0.3 is 0 Å². The number of aldehydes is 1. The lowest BCUT2D eigenvalue weighted by Crippen LogP contribution is -2.37. The summed E-state index contributed by atoms with van der Waals surface area (Å²) in [6.45, 7) is 4.15. The van der Waals surface area contributed by atoms with Crippen molar-refractivity contribution in [2.75, 3.05) is 6.54 Å². The number of halogens is 1. The number of amides is 1. The lowest BCUT2D eigenvalue weighted by atomic mass is 9.84. The number of carbonyl (C=O) groups excluding carboxylic acids is 2. The highest BCUT2D eigenvalue weighted by molar-refractivity contribution is 6.23. The fourth-order valence-electron chi connectivity index (χ4n) is 1.35. The van der Waals surface area contributed by atoms with E-state index < -0.39 is 5.91 Å². The monoisotopic (exact) mass is 223 g/mol. The van der Waals surface area contributed by atoms with E-state index in [9.17, 15) is 14.0 Å². The van der Waals surface area contributed by atoms with Gasteiger partial charge in [-0.05, 0) is 17.7 Å². The zero-order chi connectivity index (χ0) is 12.2. The van der Waals surface area contributed by atoms with Crippen molar-refractivity contribution in [2.24, 2.45) is 0 Å². The number of benzene rings is 1. The van der Waals surface area contributed by atoms with Crippen LogP contribution in [-0.4, -0.2) is 18.7 Å². The maximum atomic E-state index is 12.7. The molecule has 3 nitrogen and oxygen atoms in total. The van der Waals surface area contributed by atoms with Gasteiger partial charge in [0.05, 0.1) is 0 Å². The fourth-order valence-corrected chi connectivity index (χ4v) is 1.35. The minimum atomic E-state index is -0.643. The largest absolute Gasteiger partial charge is 0.349 e. The molecule has 86 valence electrons. The smallest absolute Gasteiger partial charge is 0.284 e. The Kier molecular flexibility index (Phi) is 3.77. The van der Waals surface area contributed by atoms with Gasteiger partial charge in [0, 0.05) is 12.0 Å². The molecule has 1 amide bonds. The van der Waals surface area contributed by atoms with Crippen LogP contribution in [-0.2, 0) is 15.0 Å². The van der Waals surface area contributed by atoms with Gasteiger partial charge in [-0.3, -0.25) is 9.59 Å². The molecule has 0 spiro atoms. The van der Waals surface area contributed by atoms with Crippen LogP contribution < -0.4 is 5.32 Å². The molecule has 0 fully saturated rings. The molecule has 16 heavy (non-hydrogen) atoms. The standard InChI is InChI=1S/C12H14FNO2/c1-12(2,8-14-11(16)7-15)9-3-5-10(13)6-4-9/h3-7H,8H2,1-2H3,(H,14,16). The summed E-state index contributed by atoms with van der Waals surface area (Å²) in [6.07, 6.45) is 0.237. The first kappa shape index (κ1) is 12.4. The molecule has 1 rings (SSSR count). The van der Waals surface area contributed by atoms with Gasteiger partial charge in [0.25, 0.3) is 5.91 Å². The summed E-state index contributed by atoms with van der Waals surface area (Å²) in [5.74, 6) is -0.938. The Labute approximate surface area is 93.7 Å². The average molecular weight is 223 g/mol. The third-order valence-electron chi connectivity index (χ3n) is 2.44. The topological polar surface area (TPSA) is 46.2 Å². The summed E-state index contributed by atoms with van der Waals surface area (Å²) < 4.78 is 12.7. The second-order valence-corrected chi connectivity index (χ2v) is 4.23. The Morgan fingerprint density at radius 3 is 2.44 bits per heavy atom. The van der Waals surface area contributed by atoms with Crippen molar-refractivity contribution >= 4 is 12.2 Å². The summed E-state index contributed by atoms with van der Waals surface area (Å²) in [5.41, 5.74) is 0.562. The lowest BCUT2D eigenvalue weighted by molar-refractivity contribution is -0.131. The summed E-state index contributed by atoms with van der Waals surface area (Å²) in [4.78, 5) is 20.9. The van der Waals surface area contributed by atoms with Crippen LogP contribution in [0.1, 0.15) is 19.4 Å². The van der Waals surface area contributed by atoms with Crippen molar-refractivity contribution in [3.05, 3.63) is 35.6 Å². The van der Waals surface area contributed by atoms with E-state index in [0.29, 0.717) is 6.54 Å². The Bertz CT molecular complexity index is 385. The van der Waals surface area contributed by atoms with Gasteiger partial charge in [-0.15, -0.1) is 0 Å². The Morgan fingerprint density at radius 2 is 1.94 bits per heavy atom. The minimum Gasteiger partial charge on any atom is -0.349 e. The summed E-state index contributed by atoms with van der Waals surface area (Å²) >= 11 is 0. The van der Waals surface area contributed by atoms with Crippen molar-refractivity contribution in [3.63, 3.8) is 0 Å². The van der Waals surface area contributed by atoms with Gasteiger partial charge in [-0.1, -0.05) is 26.0 Å². The van der Waals surface area contributed by atoms with Crippen molar-refractivity contribution in [3.8, 4) is 0 Å². The maximum Gasteiger partial charge on any atom is 0.284 e. The van der Waals surface area contributed by atoms with Crippen molar-refractivity contribution in [1.29, 1.82) is 0 Å². The zero-order valence-electron chi connectivity index (χ0n) is 9.29. The predicted molar refractivity (Wildman–Crippen MR) is 58.5 cm³/mol.